The van der Waals surface area contributed by atoms with Crippen molar-refractivity contribution in [1.82, 2.24) is 0 Å². The van der Waals surface area contributed by atoms with Gasteiger partial charge in [-0.1, -0.05) is 18.5 Å². The first-order valence-corrected chi connectivity index (χ1v) is 6.14. The average Bonchev–Trinajstić information content (AvgIpc) is 2.21. The van der Waals surface area contributed by atoms with Gasteiger partial charge in [0.2, 0.25) is 0 Å². The minimum Gasteiger partial charge on any atom is -0.462 e. The van der Waals surface area contributed by atoms with Crippen LogP contribution in [0.15, 0.2) is 23.1 Å². The lowest BCUT2D eigenvalue weighted by Crippen LogP contribution is -2.06. The largest absolute Gasteiger partial charge is 0.462 e. The van der Waals surface area contributed by atoms with Crippen LogP contribution in [0, 0.1) is 0 Å². The lowest BCUT2D eigenvalue weighted by Gasteiger charge is -2.07. The van der Waals surface area contributed by atoms with E-state index < -0.39 is 0 Å². The molecule has 0 aromatic heterocycles. The normalized spacial score (nSPS) is 10.1. The van der Waals surface area contributed by atoms with Crippen LogP contribution < -0.4 is 0 Å². The van der Waals surface area contributed by atoms with Crippen LogP contribution in [-0.4, -0.2) is 18.3 Å². The van der Waals surface area contributed by atoms with Gasteiger partial charge in [-0.2, -0.15) is 0 Å². The molecule has 1 aromatic rings. The fourth-order valence-corrected chi connectivity index (χ4v) is 2.10. The standard InChI is InChI=1S/C11H13ClO2S/c1-3-14-11(13)9-7-8(12)5-6-10(9)15-4-2/h5-7H,3-4H2,1-2H3. The van der Waals surface area contributed by atoms with Gasteiger partial charge in [0.15, 0.2) is 0 Å². The Labute approximate surface area is 99.0 Å². The van der Waals surface area contributed by atoms with Crippen LogP contribution in [0.2, 0.25) is 5.02 Å². The quantitative estimate of drug-likeness (QED) is 0.598. The van der Waals surface area contributed by atoms with E-state index >= 15 is 0 Å². The number of thioether (sulfide) groups is 1. The number of benzene rings is 1. The third kappa shape index (κ3) is 3.43. The Balaban J connectivity index is 3.00. The topological polar surface area (TPSA) is 26.3 Å². The fraction of sp³-hybridized carbons (Fsp3) is 0.364. The van der Waals surface area contributed by atoms with Crippen LogP contribution in [0.1, 0.15) is 24.2 Å². The maximum atomic E-state index is 11.6. The van der Waals surface area contributed by atoms with Gasteiger partial charge in [-0.15, -0.1) is 11.8 Å². The van der Waals surface area contributed by atoms with Crippen molar-refractivity contribution in [2.75, 3.05) is 12.4 Å². The number of ether oxygens (including phenoxy) is 1. The van der Waals surface area contributed by atoms with E-state index in [9.17, 15) is 4.79 Å². The summed E-state index contributed by atoms with van der Waals surface area (Å²) in [6.45, 7) is 4.20. The highest BCUT2D eigenvalue weighted by molar-refractivity contribution is 7.99. The number of carbonyl (C=O) groups excluding carboxylic acids is 1. The summed E-state index contributed by atoms with van der Waals surface area (Å²) in [4.78, 5) is 12.5. The lowest BCUT2D eigenvalue weighted by molar-refractivity contribution is 0.0522. The molecule has 0 aliphatic rings. The Morgan fingerprint density at radius 3 is 2.80 bits per heavy atom. The van der Waals surface area contributed by atoms with Crippen molar-refractivity contribution in [3.8, 4) is 0 Å². The Hall–Kier alpha value is -0.670. The number of hydrogen-bond donors (Lipinski definition) is 0. The molecular weight excluding hydrogens is 232 g/mol. The predicted octanol–water partition coefficient (Wildman–Crippen LogP) is 3.63. The molecule has 0 amide bonds. The second-order valence-corrected chi connectivity index (χ2v) is 4.54. The summed E-state index contributed by atoms with van der Waals surface area (Å²) >= 11 is 7.45. The van der Waals surface area contributed by atoms with E-state index in [1.54, 1.807) is 30.8 Å². The molecule has 0 N–H and O–H groups in total. The van der Waals surface area contributed by atoms with Crippen molar-refractivity contribution in [3.05, 3.63) is 28.8 Å². The highest BCUT2D eigenvalue weighted by atomic mass is 35.5. The maximum absolute atomic E-state index is 11.6. The fourth-order valence-electron chi connectivity index (χ4n) is 1.15. The summed E-state index contributed by atoms with van der Waals surface area (Å²) in [6, 6.07) is 5.28. The first-order chi connectivity index (χ1) is 7.19. The average molecular weight is 245 g/mol. The summed E-state index contributed by atoms with van der Waals surface area (Å²) in [5, 5.41) is 0.554. The Morgan fingerprint density at radius 1 is 1.47 bits per heavy atom. The van der Waals surface area contributed by atoms with Crippen molar-refractivity contribution in [1.29, 1.82) is 0 Å². The van der Waals surface area contributed by atoms with E-state index in [1.807, 2.05) is 13.0 Å². The summed E-state index contributed by atoms with van der Waals surface area (Å²) in [7, 11) is 0. The highest BCUT2D eigenvalue weighted by Crippen LogP contribution is 2.26. The number of hydrogen-bond acceptors (Lipinski definition) is 3. The molecule has 0 atom stereocenters. The molecule has 1 rings (SSSR count). The summed E-state index contributed by atoms with van der Waals surface area (Å²) in [6.07, 6.45) is 0. The summed E-state index contributed by atoms with van der Waals surface area (Å²) in [5.74, 6) is 0.601. The second-order valence-electron chi connectivity index (χ2n) is 2.79. The zero-order valence-electron chi connectivity index (χ0n) is 8.75. The van der Waals surface area contributed by atoms with Gasteiger partial charge in [0.05, 0.1) is 12.2 Å². The van der Waals surface area contributed by atoms with E-state index in [2.05, 4.69) is 0 Å². The molecule has 0 saturated heterocycles. The molecule has 0 bridgehead atoms. The highest BCUT2D eigenvalue weighted by Gasteiger charge is 2.12. The number of carbonyl (C=O) groups is 1. The van der Waals surface area contributed by atoms with Crippen molar-refractivity contribution < 1.29 is 9.53 Å². The smallest absolute Gasteiger partial charge is 0.339 e. The number of halogens is 1. The van der Waals surface area contributed by atoms with E-state index in [0.717, 1.165) is 10.6 Å². The molecule has 0 unspecified atom stereocenters. The Kier molecular flexibility index (Phi) is 4.99. The van der Waals surface area contributed by atoms with E-state index in [4.69, 9.17) is 16.3 Å². The third-order valence-electron chi connectivity index (χ3n) is 1.74. The van der Waals surface area contributed by atoms with E-state index in [1.165, 1.54) is 0 Å². The van der Waals surface area contributed by atoms with Crippen LogP contribution in [-0.2, 0) is 4.74 Å². The third-order valence-corrected chi connectivity index (χ3v) is 2.93. The number of rotatable bonds is 4. The molecule has 15 heavy (non-hydrogen) atoms. The zero-order chi connectivity index (χ0) is 11.3. The minimum atomic E-state index is -0.309. The lowest BCUT2D eigenvalue weighted by atomic mass is 10.2. The monoisotopic (exact) mass is 244 g/mol. The minimum absolute atomic E-state index is 0.309. The summed E-state index contributed by atoms with van der Waals surface area (Å²) < 4.78 is 4.96. The summed E-state index contributed by atoms with van der Waals surface area (Å²) in [5.41, 5.74) is 0.552. The van der Waals surface area contributed by atoms with E-state index in [0.29, 0.717) is 17.2 Å². The van der Waals surface area contributed by atoms with Gasteiger partial charge in [0.1, 0.15) is 0 Å². The van der Waals surface area contributed by atoms with Crippen molar-refractivity contribution in [2.45, 2.75) is 18.7 Å². The molecule has 0 aliphatic heterocycles. The molecule has 1 aromatic carbocycles. The van der Waals surface area contributed by atoms with Gasteiger partial charge >= 0.3 is 5.97 Å². The van der Waals surface area contributed by atoms with Crippen LogP contribution >= 0.6 is 23.4 Å². The van der Waals surface area contributed by atoms with Gasteiger partial charge in [-0.3, -0.25) is 0 Å². The zero-order valence-corrected chi connectivity index (χ0v) is 10.3. The van der Waals surface area contributed by atoms with Crippen LogP contribution in [0.25, 0.3) is 0 Å². The number of esters is 1. The molecule has 82 valence electrons. The van der Waals surface area contributed by atoms with Gasteiger partial charge in [-0.25, -0.2) is 4.79 Å². The SMILES string of the molecule is CCOC(=O)c1cc(Cl)ccc1SCC. The second kappa shape index (κ2) is 6.03. The van der Waals surface area contributed by atoms with Crippen molar-refractivity contribution >= 4 is 29.3 Å². The van der Waals surface area contributed by atoms with Crippen molar-refractivity contribution in [2.24, 2.45) is 0 Å². The molecule has 0 fully saturated rings. The first kappa shape index (κ1) is 12.4. The Morgan fingerprint density at radius 2 is 2.20 bits per heavy atom. The molecule has 0 spiro atoms. The van der Waals surface area contributed by atoms with Crippen molar-refractivity contribution in [3.63, 3.8) is 0 Å². The van der Waals surface area contributed by atoms with E-state index in [-0.39, 0.29) is 5.97 Å². The van der Waals surface area contributed by atoms with Crippen LogP contribution in [0.3, 0.4) is 0 Å². The Bertz CT molecular complexity index is 352. The molecule has 2 nitrogen and oxygen atoms in total. The van der Waals surface area contributed by atoms with Crippen LogP contribution in [0.5, 0.6) is 0 Å². The maximum Gasteiger partial charge on any atom is 0.339 e. The predicted molar refractivity (Wildman–Crippen MR) is 63.8 cm³/mol. The van der Waals surface area contributed by atoms with Crippen LogP contribution in [0.4, 0.5) is 0 Å². The van der Waals surface area contributed by atoms with Gasteiger partial charge in [-0.05, 0) is 30.9 Å². The van der Waals surface area contributed by atoms with Gasteiger partial charge in [0.25, 0.3) is 0 Å². The van der Waals surface area contributed by atoms with Gasteiger partial charge in [0, 0.05) is 9.92 Å². The molecule has 4 heteroatoms. The van der Waals surface area contributed by atoms with Gasteiger partial charge < -0.3 is 4.74 Å². The molecule has 0 heterocycles. The first-order valence-electron chi connectivity index (χ1n) is 4.78. The molecule has 0 aliphatic carbocycles. The molecule has 0 radical (unpaired) electrons. The molecule has 0 saturated carbocycles. The molecular formula is C11H13ClO2S.